The summed E-state index contributed by atoms with van der Waals surface area (Å²) in [7, 11) is 2.92. The van der Waals surface area contributed by atoms with Crippen molar-refractivity contribution in [3.8, 4) is 0 Å². The van der Waals surface area contributed by atoms with E-state index in [2.05, 4.69) is 4.98 Å². The van der Waals surface area contributed by atoms with Crippen molar-refractivity contribution >= 4 is 34.6 Å². The fourth-order valence-electron chi connectivity index (χ4n) is 3.92. The summed E-state index contributed by atoms with van der Waals surface area (Å²) < 4.78 is 2.27. The average molecular weight is 417 g/mol. The Kier molecular flexibility index (Phi) is 5.20. The second-order valence-electron chi connectivity index (χ2n) is 7.48. The number of piperidine rings is 1. The Morgan fingerprint density at radius 3 is 2.55 bits per heavy atom. The maximum absolute atomic E-state index is 13.2. The van der Waals surface area contributed by atoms with Gasteiger partial charge in [0.1, 0.15) is 11.7 Å². The number of aryl methyl sites for hydroxylation is 1. The molecule has 0 saturated carbocycles. The van der Waals surface area contributed by atoms with Crippen LogP contribution in [0.1, 0.15) is 29.6 Å². The first-order valence-corrected chi connectivity index (χ1v) is 10.8. The van der Waals surface area contributed by atoms with Gasteiger partial charge in [-0.15, -0.1) is 11.8 Å². The normalized spacial score (nSPS) is 19.7. The Morgan fingerprint density at radius 2 is 1.83 bits per heavy atom. The Labute approximate surface area is 171 Å². The van der Waals surface area contributed by atoms with E-state index < -0.39 is 17.3 Å². The molecule has 154 valence electrons. The van der Waals surface area contributed by atoms with Gasteiger partial charge in [-0.2, -0.15) is 0 Å². The highest BCUT2D eigenvalue weighted by molar-refractivity contribution is 7.99. The summed E-state index contributed by atoms with van der Waals surface area (Å²) in [4.78, 5) is 58.3. The molecule has 29 heavy (non-hydrogen) atoms. The molecule has 0 aliphatic carbocycles. The largest absolute Gasteiger partial charge is 0.341 e. The van der Waals surface area contributed by atoms with E-state index in [0.29, 0.717) is 11.6 Å². The molecule has 2 amide bonds. The summed E-state index contributed by atoms with van der Waals surface area (Å²) in [6.07, 6.45) is 4.49. The molecule has 0 unspecified atom stereocenters. The number of aromatic nitrogens is 3. The summed E-state index contributed by atoms with van der Waals surface area (Å²) in [5, 5.41) is 0.200. The SMILES string of the molecule is Cn1c(=O)c2cc(C(=O)N3CSC[C@@H]3C(=O)N3CCCCC3)cnc2n(C)c1=O. The van der Waals surface area contributed by atoms with Crippen molar-refractivity contribution in [3.63, 3.8) is 0 Å². The number of rotatable bonds is 2. The summed E-state index contributed by atoms with van der Waals surface area (Å²) >= 11 is 1.55. The van der Waals surface area contributed by atoms with Crippen LogP contribution in [0.5, 0.6) is 0 Å². The van der Waals surface area contributed by atoms with Crippen molar-refractivity contribution in [2.75, 3.05) is 24.7 Å². The van der Waals surface area contributed by atoms with Crippen LogP contribution in [0.15, 0.2) is 21.9 Å². The number of carbonyl (C=O) groups is 2. The lowest BCUT2D eigenvalue weighted by molar-refractivity contribution is -0.135. The Hall–Kier alpha value is -2.62. The first-order chi connectivity index (χ1) is 13.9. The molecule has 0 radical (unpaired) electrons. The molecule has 10 heteroatoms. The highest BCUT2D eigenvalue weighted by Gasteiger charge is 2.38. The van der Waals surface area contributed by atoms with Gasteiger partial charge in [0.25, 0.3) is 11.5 Å². The Balaban J connectivity index is 1.66. The number of carbonyl (C=O) groups excluding carboxylic acids is 2. The maximum Gasteiger partial charge on any atom is 0.332 e. The summed E-state index contributed by atoms with van der Waals surface area (Å²) in [5.74, 6) is 0.663. The van der Waals surface area contributed by atoms with Crippen molar-refractivity contribution in [1.29, 1.82) is 0 Å². The molecule has 0 bridgehead atoms. The lowest BCUT2D eigenvalue weighted by atomic mass is 10.1. The van der Waals surface area contributed by atoms with Crippen LogP contribution >= 0.6 is 11.8 Å². The average Bonchev–Trinajstić information content (AvgIpc) is 3.25. The van der Waals surface area contributed by atoms with Crippen molar-refractivity contribution in [2.45, 2.75) is 25.3 Å². The van der Waals surface area contributed by atoms with E-state index in [0.717, 1.165) is 36.9 Å². The molecule has 9 nitrogen and oxygen atoms in total. The number of hydrogen-bond donors (Lipinski definition) is 0. The summed E-state index contributed by atoms with van der Waals surface area (Å²) in [6, 6.07) is 0.974. The first-order valence-electron chi connectivity index (χ1n) is 9.63. The van der Waals surface area contributed by atoms with Crippen LogP contribution in [0.25, 0.3) is 11.0 Å². The fourth-order valence-corrected chi connectivity index (χ4v) is 5.07. The zero-order valence-electron chi connectivity index (χ0n) is 16.5. The zero-order valence-corrected chi connectivity index (χ0v) is 17.3. The maximum atomic E-state index is 13.2. The molecule has 2 aliphatic heterocycles. The van der Waals surface area contributed by atoms with E-state index in [1.807, 2.05) is 4.90 Å². The minimum Gasteiger partial charge on any atom is -0.341 e. The van der Waals surface area contributed by atoms with Gasteiger partial charge in [-0.25, -0.2) is 9.78 Å². The van der Waals surface area contributed by atoms with Gasteiger partial charge in [-0.05, 0) is 25.3 Å². The summed E-state index contributed by atoms with van der Waals surface area (Å²) in [6.45, 7) is 1.48. The number of hydrogen-bond acceptors (Lipinski definition) is 6. The van der Waals surface area contributed by atoms with E-state index in [1.165, 1.54) is 30.9 Å². The lowest BCUT2D eigenvalue weighted by Crippen LogP contribution is -2.50. The highest BCUT2D eigenvalue weighted by atomic mass is 32.2. The van der Waals surface area contributed by atoms with Crippen molar-refractivity contribution in [2.24, 2.45) is 14.1 Å². The quantitative estimate of drug-likeness (QED) is 0.691. The number of thioether (sulfide) groups is 1. The lowest BCUT2D eigenvalue weighted by Gasteiger charge is -2.32. The monoisotopic (exact) mass is 417 g/mol. The Morgan fingerprint density at radius 1 is 1.10 bits per heavy atom. The highest BCUT2D eigenvalue weighted by Crippen LogP contribution is 2.26. The van der Waals surface area contributed by atoms with Gasteiger partial charge < -0.3 is 9.80 Å². The van der Waals surface area contributed by atoms with Crippen LogP contribution in [0, 0.1) is 0 Å². The summed E-state index contributed by atoms with van der Waals surface area (Å²) in [5.41, 5.74) is -0.502. The molecule has 2 fully saturated rings. The molecule has 4 heterocycles. The second kappa shape index (κ2) is 7.66. The third kappa shape index (κ3) is 3.35. The molecule has 2 aliphatic rings. The zero-order chi connectivity index (χ0) is 20.7. The standard InChI is InChI=1S/C19H23N5O4S/c1-21-15-13(17(26)22(2)19(21)28)8-12(9-20-15)16(25)24-11-29-10-14(24)18(27)23-6-4-3-5-7-23/h8-9,14H,3-7,10-11H2,1-2H3/t14-/m1/s1. The minimum absolute atomic E-state index is 0.00453. The van der Waals surface area contributed by atoms with Crippen LogP contribution in [0.4, 0.5) is 0 Å². The third-order valence-electron chi connectivity index (χ3n) is 5.64. The minimum atomic E-state index is -0.498. The molecule has 0 spiro atoms. The molecule has 0 aromatic carbocycles. The van der Waals surface area contributed by atoms with Crippen molar-refractivity contribution in [3.05, 3.63) is 38.7 Å². The predicted octanol–water partition coefficient (Wildman–Crippen LogP) is 0.160. The van der Waals surface area contributed by atoms with Gasteiger partial charge in [0.05, 0.1) is 16.8 Å². The number of nitrogens with zero attached hydrogens (tertiary/aromatic N) is 5. The van der Waals surface area contributed by atoms with Crippen LogP contribution in [-0.2, 0) is 18.9 Å². The van der Waals surface area contributed by atoms with Crippen LogP contribution in [0.2, 0.25) is 0 Å². The molecule has 0 N–H and O–H groups in total. The third-order valence-corrected chi connectivity index (χ3v) is 6.65. The van der Waals surface area contributed by atoms with Gasteiger partial charge in [0, 0.05) is 39.1 Å². The van der Waals surface area contributed by atoms with E-state index in [9.17, 15) is 19.2 Å². The molecule has 2 aromatic rings. The van der Waals surface area contributed by atoms with Gasteiger partial charge in [-0.3, -0.25) is 23.5 Å². The fraction of sp³-hybridized carbons (Fsp3) is 0.526. The molecule has 2 aromatic heterocycles. The van der Waals surface area contributed by atoms with Crippen LogP contribution in [-0.4, -0.2) is 66.5 Å². The molecule has 1 atom stereocenters. The molecular formula is C19H23N5O4S. The van der Waals surface area contributed by atoms with Gasteiger partial charge in [0.2, 0.25) is 5.91 Å². The van der Waals surface area contributed by atoms with Gasteiger partial charge in [-0.1, -0.05) is 0 Å². The van der Waals surface area contributed by atoms with Crippen LogP contribution in [0.3, 0.4) is 0 Å². The number of likely N-dealkylation sites (tertiary alicyclic amines) is 1. The smallest absolute Gasteiger partial charge is 0.332 e. The van der Waals surface area contributed by atoms with Crippen molar-refractivity contribution < 1.29 is 9.59 Å². The molecular weight excluding hydrogens is 394 g/mol. The predicted molar refractivity (Wildman–Crippen MR) is 110 cm³/mol. The van der Waals surface area contributed by atoms with Gasteiger partial charge >= 0.3 is 5.69 Å². The first kappa shape index (κ1) is 19.7. The van der Waals surface area contributed by atoms with E-state index >= 15 is 0 Å². The number of pyridine rings is 1. The Bertz CT molecular complexity index is 1100. The number of fused-ring (bicyclic) bond motifs is 1. The van der Waals surface area contributed by atoms with E-state index in [4.69, 9.17) is 0 Å². The van der Waals surface area contributed by atoms with E-state index in [-0.39, 0.29) is 28.4 Å². The topological polar surface area (TPSA) is 97.5 Å². The van der Waals surface area contributed by atoms with Crippen molar-refractivity contribution in [1.82, 2.24) is 23.9 Å². The van der Waals surface area contributed by atoms with E-state index in [1.54, 1.807) is 16.7 Å². The van der Waals surface area contributed by atoms with Gasteiger partial charge in [0.15, 0.2) is 0 Å². The molecule has 4 rings (SSSR count). The van der Waals surface area contributed by atoms with Crippen LogP contribution < -0.4 is 11.2 Å². The second-order valence-corrected chi connectivity index (χ2v) is 8.48. The number of amides is 2. The molecule has 2 saturated heterocycles.